The molecule has 0 bridgehead atoms. The Hall–Kier alpha value is -0.0800. The summed E-state index contributed by atoms with van der Waals surface area (Å²) < 4.78 is 0. The Morgan fingerprint density at radius 2 is 1.75 bits per heavy atom. The highest BCUT2D eigenvalue weighted by Gasteiger charge is 2.47. The maximum atomic E-state index is 3.64. The van der Waals surface area contributed by atoms with Crippen LogP contribution in [0.3, 0.4) is 0 Å². The van der Waals surface area contributed by atoms with Gasteiger partial charge in [0, 0.05) is 11.6 Å². The maximum Gasteiger partial charge on any atom is 0.0359 e. The molecular weight excluding hydrogens is 196 g/mol. The van der Waals surface area contributed by atoms with Gasteiger partial charge in [0.1, 0.15) is 0 Å². The molecule has 1 aliphatic carbocycles. The first-order chi connectivity index (χ1) is 7.78. The van der Waals surface area contributed by atoms with Crippen molar-refractivity contribution in [1.29, 1.82) is 0 Å². The lowest BCUT2D eigenvalue weighted by Gasteiger charge is -2.47. The molecule has 2 rings (SSSR count). The quantitative estimate of drug-likeness (QED) is 0.746. The number of rotatable bonds is 6. The molecule has 1 saturated heterocycles. The molecule has 0 radical (unpaired) electrons. The SMILES string of the molecule is CCC(CC)(C(NC)C1CC1)N1CCCC1. The second kappa shape index (κ2) is 5.05. The number of likely N-dealkylation sites (tertiary alicyclic amines) is 1. The van der Waals surface area contributed by atoms with Crippen LogP contribution in [0.1, 0.15) is 52.4 Å². The normalized spacial score (nSPS) is 24.9. The molecule has 1 saturated carbocycles. The van der Waals surface area contributed by atoms with Crippen molar-refractivity contribution in [3.8, 4) is 0 Å². The molecule has 2 aliphatic rings. The van der Waals surface area contributed by atoms with Gasteiger partial charge in [-0.25, -0.2) is 0 Å². The Kier molecular flexibility index (Phi) is 3.91. The summed E-state index contributed by atoms with van der Waals surface area (Å²) in [6.45, 7) is 7.42. The molecule has 1 aliphatic heterocycles. The van der Waals surface area contributed by atoms with E-state index in [1.807, 2.05) is 0 Å². The zero-order valence-electron chi connectivity index (χ0n) is 11.3. The Morgan fingerprint density at radius 3 is 2.12 bits per heavy atom. The van der Waals surface area contributed by atoms with Crippen molar-refractivity contribution in [2.24, 2.45) is 5.92 Å². The second-order valence-corrected chi connectivity index (χ2v) is 5.61. The third kappa shape index (κ3) is 2.02. The first-order valence-corrected chi connectivity index (χ1v) is 7.20. The van der Waals surface area contributed by atoms with Crippen molar-refractivity contribution in [1.82, 2.24) is 10.2 Å². The molecule has 1 unspecified atom stereocenters. The summed E-state index contributed by atoms with van der Waals surface area (Å²) in [7, 11) is 2.17. The molecule has 0 aromatic rings. The summed E-state index contributed by atoms with van der Waals surface area (Å²) in [5.41, 5.74) is 0.437. The molecule has 0 aromatic carbocycles. The van der Waals surface area contributed by atoms with Crippen LogP contribution in [0.15, 0.2) is 0 Å². The lowest BCUT2D eigenvalue weighted by atomic mass is 9.80. The van der Waals surface area contributed by atoms with Gasteiger partial charge >= 0.3 is 0 Å². The molecule has 94 valence electrons. The summed E-state index contributed by atoms with van der Waals surface area (Å²) in [6, 6.07) is 0.723. The number of nitrogens with one attached hydrogen (secondary N) is 1. The third-order valence-electron chi connectivity index (χ3n) is 4.94. The van der Waals surface area contributed by atoms with Gasteiger partial charge in [0.2, 0.25) is 0 Å². The van der Waals surface area contributed by atoms with E-state index in [-0.39, 0.29) is 0 Å². The van der Waals surface area contributed by atoms with Crippen LogP contribution in [0.4, 0.5) is 0 Å². The van der Waals surface area contributed by atoms with E-state index in [1.165, 1.54) is 51.6 Å². The van der Waals surface area contributed by atoms with Crippen LogP contribution in [0.25, 0.3) is 0 Å². The van der Waals surface area contributed by atoms with E-state index in [4.69, 9.17) is 0 Å². The van der Waals surface area contributed by atoms with Gasteiger partial charge in [-0.2, -0.15) is 0 Å². The van der Waals surface area contributed by atoms with Crippen LogP contribution in [0, 0.1) is 5.92 Å². The molecule has 2 heteroatoms. The average molecular weight is 224 g/mol. The van der Waals surface area contributed by atoms with Crippen molar-refractivity contribution in [2.45, 2.75) is 64.0 Å². The van der Waals surface area contributed by atoms with Crippen molar-refractivity contribution in [2.75, 3.05) is 20.1 Å². The third-order valence-corrected chi connectivity index (χ3v) is 4.94. The van der Waals surface area contributed by atoms with Gasteiger partial charge < -0.3 is 5.32 Å². The highest BCUT2D eigenvalue weighted by atomic mass is 15.2. The van der Waals surface area contributed by atoms with Gasteiger partial charge in [-0.05, 0) is 64.6 Å². The molecule has 2 fully saturated rings. The van der Waals surface area contributed by atoms with Crippen molar-refractivity contribution < 1.29 is 0 Å². The molecule has 1 heterocycles. The monoisotopic (exact) mass is 224 g/mol. The van der Waals surface area contributed by atoms with Gasteiger partial charge in [0.05, 0.1) is 0 Å². The van der Waals surface area contributed by atoms with Gasteiger partial charge in [-0.3, -0.25) is 4.90 Å². The largest absolute Gasteiger partial charge is 0.315 e. The molecular formula is C14H28N2. The molecule has 16 heavy (non-hydrogen) atoms. The summed E-state index contributed by atoms with van der Waals surface area (Å²) in [5, 5.41) is 3.64. The summed E-state index contributed by atoms with van der Waals surface area (Å²) in [4.78, 5) is 2.78. The topological polar surface area (TPSA) is 15.3 Å². The van der Waals surface area contributed by atoms with E-state index < -0.39 is 0 Å². The zero-order valence-corrected chi connectivity index (χ0v) is 11.3. The molecule has 1 atom stereocenters. The number of hydrogen-bond donors (Lipinski definition) is 1. The van der Waals surface area contributed by atoms with E-state index >= 15 is 0 Å². The first-order valence-electron chi connectivity index (χ1n) is 7.20. The Labute approximate surface area is 101 Å². The smallest absolute Gasteiger partial charge is 0.0359 e. The molecule has 0 aromatic heterocycles. The first kappa shape index (κ1) is 12.4. The average Bonchev–Trinajstić information content (AvgIpc) is 2.99. The highest BCUT2D eigenvalue weighted by Crippen LogP contribution is 2.43. The number of nitrogens with zero attached hydrogens (tertiary/aromatic N) is 1. The van der Waals surface area contributed by atoms with E-state index in [0.717, 1.165) is 12.0 Å². The fourth-order valence-corrected chi connectivity index (χ4v) is 3.87. The van der Waals surface area contributed by atoms with E-state index in [9.17, 15) is 0 Å². The van der Waals surface area contributed by atoms with Gasteiger partial charge in [0.15, 0.2) is 0 Å². The maximum absolute atomic E-state index is 3.64. The van der Waals surface area contributed by atoms with Crippen LogP contribution >= 0.6 is 0 Å². The highest BCUT2D eigenvalue weighted by molar-refractivity contribution is 5.05. The molecule has 0 spiro atoms. The van der Waals surface area contributed by atoms with Crippen molar-refractivity contribution in [3.63, 3.8) is 0 Å². The van der Waals surface area contributed by atoms with Crippen LogP contribution in [-0.2, 0) is 0 Å². The Bertz CT molecular complexity index is 213. The van der Waals surface area contributed by atoms with Crippen molar-refractivity contribution in [3.05, 3.63) is 0 Å². The summed E-state index contributed by atoms with van der Waals surface area (Å²) in [6.07, 6.45) is 8.30. The number of likely N-dealkylation sites (N-methyl/N-ethyl adjacent to an activating group) is 1. The minimum Gasteiger partial charge on any atom is -0.315 e. The standard InChI is InChI=1S/C14H28N2/c1-4-14(5-2,16-10-6-7-11-16)13(15-3)12-8-9-12/h12-13,15H,4-11H2,1-3H3. The minimum absolute atomic E-state index is 0.437. The predicted octanol–water partition coefficient (Wildman–Crippen LogP) is 2.64. The lowest BCUT2D eigenvalue weighted by Crippen LogP contribution is -2.60. The molecule has 0 amide bonds. The Morgan fingerprint density at radius 1 is 1.19 bits per heavy atom. The zero-order chi connectivity index (χ0) is 11.6. The fraction of sp³-hybridized carbons (Fsp3) is 1.00. The summed E-state index contributed by atoms with van der Waals surface area (Å²) >= 11 is 0. The van der Waals surface area contributed by atoms with Crippen LogP contribution in [-0.4, -0.2) is 36.6 Å². The fourth-order valence-electron chi connectivity index (χ4n) is 3.87. The lowest BCUT2D eigenvalue weighted by molar-refractivity contribution is 0.0565. The van der Waals surface area contributed by atoms with Gasteiger partial charge in [-0.15, -0.1) is 0 Å². The van der Waals surface area contributed by atoms with Crippen molar-refractivity contribution >= 4 is 0 Å². The predicted molar refractivity (Wildman–Crippen MR) is 69.7 cm³/mol. The van der Waals surface area contributed by atoms with Crippen LogP contribution in [0.2, 0.25) is 0 Å². The van der Waals surface area contributed by atoms with Crippen LogP contribution in [0.5, 0.6) is 0 Å². The van der Waals surface area contributed by atoms with Gasteiger partial charge in [0.25, 0.3) is 0 Å². The number of hydrogen-bond acceptors (Lipinski definition) is 2. The van der Waals surface area contributed by atoms with E-state index in [2.05, 4.69) is 31.1 Å². The second-order valence-electron chi connectivity index (χ2n) is 5.61. The Balaban J connectivity index is 2.16. The van der Waals surface area contributed by atoms with E-state index in [1.54, 1.807) is 0 Å². The molecule has 1 N–H and O–H groups in total. The summed E-state index contributed by atoms with van der Waals surface area (Å²) in [5.74, 6) is 0.950. The van der Waals surface area contributed by atoms with E-state index in [0.29, 0.717) is 5.54 Å². The van der Waals surface area contributed by atoms with Crippen LogP contribution < -0.4 is 5.32 Å². The molecule has 2 nitrogen and oxygen atoms in total. The minimum atomic E-state index is 0.437. The van der Waals surface area contributed by atoms with Gasteiger partial charge in [-0.1, -0.05) is 13.8 Å².